The van der Waals surface area contributed by atoms with Crippen LogP contribution in [0.5, 0.6) is 5.75 Å². The fourth-order valence-electron chi connectivity index (χ4n) is 2.34. The zero-order valence-electron chi connectivity index (χ0n) is 12.2. The Morgan fingerprint density at radius 3 is 2.50 bits per heavy atom. The SMILES string of the molecule is COc1c(NS(=O)(=O)c2ccccc2)ccc2scc(C)c12. The van der Waals surface area contributed by atoms with Crippen molar-refractivity contribution in [1.82, 2.24) is 0 Å². The maximum absolute atomic E-state index is 12.5. The number of benzene rings is 2. The molecule has 0 atom stereocenters. The molecule has 22 heavy (non-hydrogen) atoms. The van der Waals surface area contributed by atoms with Gasteiger partial charge in [0.05, 0.1) is 17.7 Å². The molecular weight excluding hydrogens is 318 g/mol. The molecule has 1 heterocycles. The summed E-state index contributed by atoms with van der Waals surface area (Å²) in [5, 5.41) is 2.98. The summed E-state index contributed by atoms with van der Waals surface area (Å²) in [7, 11) is -2.09. The molecule has 1 N–H and O–H groups in total. The molecule has 6 heteroatoms. The number of hydrogen-bond acceptors (Lipinski definition) is 4. The highest BCUT2D eigenvalue weighted by Gasteiger charge is 2.18. The second-order valence-corrected chi connectivity index (χ2v) is 7.45. The monoisotopic (exact) mass is 333 g/mol. The Morgan fingerprint density at radius 2 is 1.82 bits per heavy atom. The molecule has 4 nitrogen and oxygen atoms in total. The zero-order chi connectivity index (χ0) is 15.7. The van der Waals surface area contributed by atoms with E-state index < -0.39 is 10.0 Å². The van der Waals surface area contributed by atoms with E-state index in [4.69, 9.17) is 4.74 Å². The number of hydrogen-bond donors (Lipinski definition) is 1. The van der Waals surface area contributed by atoms with Gasteiger partial charge in [-0.3, -0.25) is 4.72 Å². The molecule has 0 bridgehead atoms. The maximum Gasteiger partial charge on any atom is 0.262 e. The van der Waals surface area contributed by atoms with Gasteiger partial charge in [-0.15, -0.1) is 11.3 Å². The number of sulfonamides is 1. The molecule has 2 aromatic carbocycles. The second kappa shape index (κ2) is 5.62. The van der Waals surface area contributed by atoms with Crippen LogP contribution in [0.3, 0.4) is 0 Å². The van der Waals surface area contributed by atoms with Crippen LogP contribution in [0, 0.1) is 6.92 Å². The van der Waals surface area contributed by atoms with E-state index >= 15 is 0 Å². The Hall–Kier alpha value is -2.05. The minimum atomic E-state index is -3.64. The highest BCUT2D eigenvalue weighted by atomic mass is 32.2. The van der Waals surface area contributed by atoms with Gasteiger partial charge in [0.15, 0.2) is 5.75 Å². The van der Waals surface area contributed by atoms with Gasteiger partial charge < -0.3 is 4.74 Å². The van der Waals surface area contributed by atoms with Gasteiger partial charge in [0, 0.05) is 10.1 Å². The van der Waals surface area contributed by atoms with Crippen molar-refractivity contribution < 1.29 is 13.2 Å². The molecule has 0 spiro atoms. The van der Waals surface area contributed by atoms with Crippen LogP contribution < -0.4 is 9.46 Å². The molecule has 0 radical (unpaired) electrons. The average Bonchev–Trinajstić information content (AvgIpc) is 2.89. The summed E-state index contributed by atoms with van der Waals surface area (Å²) in [6.07, 6.45) is 0. The van der Waals surface area contributed by atoms with Crippen molar-refractivity contribution in [2.24, 2.45) is 0 Å². The van der Waals surface area contributed by atoms with Crippen molar-refractivity contribution in [2.45, 2.75) is 11.8 Å². The van der Waals surface area contributed by atoms with E-state index in [1.165, 1.54) is 0 Å². The van der Waals surface area contributed by atoms with Crippen LogP contribution >= 0.6 is 11.3 Å². The van der Waals surface area contributed by atoms with Gasteiger partial charge in [0.2, 0.25) is 0 Å². The van der Waals surface area contributed by atoms with Gasteiger partial charge in [0.1, 0.15) is 0 Å². The highest BCUT2D eigenvalue weighted by Crippen LogP contribution is 2.39. The number of nitrogens with one attached hydrogen (secondary N) is 1. The fourth-order valence-corrected chi connectivity index (χ4v) is 4.37. The third-order valence-corrected chi connectivity index (χ3v) is 5.83. The topological polar surface area (TPSA) is 55.4 Å². The van der Waals surface area contributed by atoms with E-state index in [-0.39, 0.29) is 4.90 Å². The summed E-state index contributed by atoms with van der Waals surface area (Å²) in [4.78, 5) is 0.221. The first kappa shape index (κ1) is 14.9. The standard InChI is InChI=1S/C16H15NO3S2/c1-11-10-21-14-9-8-13(16(20-2)15(11)14)17-22(18,19)12-6-4-3-5-7-12/h3-10,17H,1-2H3. The number of rotatable bonds is 4. The summed E-state index contributed by atoms with van der Waals surface area (Å²) in [6, 6.07) is 11.9. The van der Waals surface area contributed by atoms with Crippen molar-refractivity contribution >= 4 is 37.1 Å². The van der Waals surface area contributed by atoms with Crippen LogP contribution in [0.4, 0.5) is 5.69 Å². The number of fused-ring (bicyclic) bond motifs is 1. The minimum absolute atomic E-state index is 0.221. The normalized spacial score (nSPS) is 11.5. The van der Waals surface area contributed by atoms with Crippen molar-refractivity contribution in [3.05, 3.63) is 53.4 Å². The number of methoxy groups -OCH3 is 1. The number of thiophene rings is 1. The Bertz CT molecular complexity index is 915. The molecule has 0 unspecified atom stereocenters. The molecule has 1 aromatic heterocycles. The van der Waals surface area contributed by atoms with Gasteiger partial charge in [0.25, 0.3) is 10.0 Å². The molecule has 0 aliphatic carbocycles. The predicted molar refractivity (Wildman–Crippen MR) is 90.4 cm³/mol. The molecular formula is C16H15NO3S2. The zero-order valence-corrected chi connectivity index (χ0v) is 13.8. The lowest BCUT2D eigenvalue weighted by atomic mass is 10.1. The van der Waals surface area contributed by atoms with Crippen molar-refractivity contribution in [3.8, 4) is 5.75 Å². The molecule has 0 saturated heterocycles. The summed E-state index contributed by atoms with van der Waals surface area (Å²) < 4.78 is 34.1. The van der Waals surface area contributed by atoms with Crippen LogP contribution in [0.25, 0.3) is 10.1 Å². The summed E-state index contributed by atoms with van der Waals surface area (Å²) in [5.41, 5.74) is 1.51. The van der Waals surface area contributed by atoms with Crippen LogP contribution in [0.2, 0.25) is 0 Å². The first-order chi connectivity index (χ1) is 10.5. The van der Waals surface area contributed by atoms with Crippen LogP contribution in [0.15, 0.2) is 52.7 Å². The van der Waals surface area contributed by atoms with Crippen molar-refractivity contribution in [2.75, 3.05) is 11.8 Å². The van der Waals surface area contributed by atoms with Gasteiger partial charge in [-0.25, -0.2) is 8.42 Å². The molecule has 0 fully saturated rings. The maximum atomic E-state index is 12.5. The van der Waals surface area contributed by atoms with Gasteiger partial charge in [-0.1, -0.05) is 18.2 Å². The molecule has 3 rings (SSSR count). The van der Waals surface area contributed by atoms with E-state index in [0.29, 0.717) is 11.4 Å². The summed E-state index contributed by atoms with van der Waals surface area (Å²) in [5.74, 6) is 0.552. The largest absolute Gasteiger partial charge is 0.494 e. The number of ether oxygens (including phenoxy) is 1. The van der Waals surface area contributed by atoms with E-state index in [0.717, 1.165) is 15.6 Å². The van der Waals surface area contributed by atoms with E-state index in [1.54, 1.807) is 54.8 Å². The van der Waals surface area contributed by atoms with Crippen LogP contribution in [-0.2, 0) is 10.0 Å². The first-order valence-corrected chi connectivity index (χ1v) is 9.02. The highest BCUT2D eigenvalue weighted by molar-refractivity contribution is 7.92. The number of aryl methyl sites for hydroxylation is 1. The first-order valence-electron chi connectivity index (χ1n) is 6.65. The Balaban J connectivity index is 2.09. The van der Waals surface area contributed by atoms with E-state index in [9.17, 15) is 8.42 Å². The lowest BCUT2D eigenvalue weighted by Crippen LogP contribution is -2.13. The van der Waals surface area contributed by atoms with Crippen molar-refractivity contribution in [3.63, 3.8) is 0 Å². The number of anilines is 1. The molecule has 0 saturated carbocycles. The third kappa shape index (κ3) is 2.55. The van der Waals surface area contributed by atoms with E-state index in [1.807, 2.05) is 18.4 Å². The fraction of sp³-hybridized carbons (Fsp3) is 0.125. The van der Waals surface area contributed by atoms with E-state index in [2.05, 4.69) is 4.72 Å². The summed E-state index contributed by atoms with van der Waals surface area (Å²) >= 11 is 1.61. The lowest BCUT2D eigenvalue weighted by Gasteiger charge is -2.13. The van der Waals surface area contributed by atoms with Gasteiger partial charge in [-0.2, -0.15) is 0 Å². The smallest absolute Gasteiger partial charge is 0.262 e. The minimum Gasteiger partial charge on any atom is -0.494 e. The third-order valence-electron chi connectivity index (χ3n) is 3.38. The Morgan fingerprint density at radius 1 is 1.09 bits per heavy atom. The molecule has 3 aromatic rings. The molecule has 0 aliphatic heterocycles. The molecule has 114 valence electrons. The van der Waals surface area contributed by atoms with Gasteiger partial charge >= 0.3 is 0 Å². The predicted octanol–water partition coefficient (Wildman–Crippen LogP) is 4.02. The van der Waals surface area contributed by atoms with Gasteiger partial charge in [-0.05, 0) is 42.1 Å². The molecule has 0 amide bonds. The van der Waals surface area contributed by atoms with Crippen LogP contribution in [-0.4, -0.2) is 15.5 Å². The van der Waals surface area contributed by atoms with Crippen LogP contribution in [0.1, 0.15) is 5.56 Å². The second-order valence-electron chi connectivity index (χ2n) is 4.86. The lowest BCUT2D eigenvalue weighted by molar-refractivity contribution is 0.421. The summed E-state index contributed by atoms with van der Waals surface area (Å²) in [6.45, 7) is 1.98. The molecule has 0 aliphatic rings. The Labute approximate surface area is 133 Å². The Kier molecular flexibility index (Phi) is 3.80. The quantitative estimate of drug-likeness (QED) is 0.784. The van der Waals surface area contributed by atoms with Crippen molar-refractivity contribution in [1.29, 1.82) is 0 Å². The average molecular weight is 333 g/mol.